The molecule has 0 spiro atoms. The van der Waals surface area contributed by atoms with Crippen molar-refractivity contribution in [2.45, 2.75) is 0 Å². The van der Waals surface area contributed by atoms with E-state index in [0.717, 1.165) is 28.5 Å². The van der Waals surface area contributed by atoms with Crippen molar-refractivity contribution in [1.82, 2.24) is 0 Å². The van der Waals surface area contributed by atoms with Gasteiger partial charge in [0.05, 0.1) is 0 Å². The third kappa shape index (κ3) is 2.30. The summed E-state index contributed by atoms with van der Waals surface area (Å²) in [6.07, 6.45) is 2.66. The van der Waals surface area contributed by atoms with Crippen molar-refractivity contribution < 1.29 is 4.79 Å². The van der Waals surface area contributed by atoms with Crippen molar-refractivity contribution in [3.8, 4) is 0 Å². The van der Waals surface area contributed by atoms with Crippen molar-refractivity contribution >= 4 is 17.9 Å². The first kappa shape index (κ1) is 12.1. The second-order valence-corrected chi connectivity index (χ2v) is 4.01. The molecule has 1 nitrogen and oxygen atoms in total. The Morgan fingerprint density at radius 3 is 2.28 bits per heavy atom. The van der Waals surface area contributed by atoms with Gasteiger partial charge in [-0.05, 0) is 22.3 Å². The predicted octanol–water partition coefficient (Wildman–Crippen LogP) is 4.20. The minimum atomic E-state index is 0.662. The van der Waals surface area contributed by atoms with Crippen LogP contribution in [0.3, 0.4) is 0 Å². The molecule has 0 saturated carbocycles. The Labute approximate surface area is 107 Å². The second kappa shape index (κ2) is 5.28. The lowest BCUT2D eigenvalue weighted by Gasteiger charge is -2.09. The molecule has 2 rings (SSSR count). The fourth-order valence-electron chi connectivity index (χ4n) is 1.85. The molecule has 2 aromatic carbocycles. The summed E-state index contributed by atoms with van der Waals surface area (Å²) in [7, 11) is 0. The van der Waals surface area contributed by atoms with E-state index in [2.05, 4.69) is 13.2 Å². The van der Waals surface area contributed by atoms with Gasteiger partial charge in [0.2, 0.25) is 0 Å². The highest BCUT2D eigenvalue weighted by Gasteiger charge is 2.06. The first-order valence-electron chi connectivity index (χ1n) is 5.72. The number of benzene rings is 2. The molecule has 0 amide bonds. The number of aldehydes is 1. The van der Waals surface area contributed by atoms with E-state index in [0.29, 0.717) is 5.56 Å². The molecule has 0 heterocycles. The molecule has 0 bridgehead atoms. The van der Waals surface area contributed by atoms with Gasteiger partial charge in [0.25, 0.3) is 0 Å². The molecule has 0 atom stereocenters. The number of carbonyl (C=O) groups is 1. The molecule has 88 valence electrons. The fraction of sp³-hybridized carbons (Fsp3) is 0. The van der Waals surface area contributed by atoms with E-state index in [-0.39, 0.29) is 0 Å². The van der Waals surface area contributed by atoms with Gasteiger partial charge in [0.1, 0.15) is 0 Å². The van der Waals surface area contributed by atoms with Gasteiger partial charge in [-0.2, -0.15) is 0 Å². The first-order chi connectivity index (χ1) is 8.76. The summed E-state index contributed by atoms with van der Waals surface area (Å²) in [5.74, 6) is 0. The zero-order valence-electron chi connectivity index (χ0n) is 10.1. The van der Waals surface area contributed by atoms with Crippen LogP contribution in [0.2, 0.25) is 0 Å². The number of carbonyl (C=O) groups excluding carboxylic acids is 1. The van der Waals surface area contributed by atoms with E-state index in [4.69, 9.17) is 0 Å². The second-order valence-electron chi connectivity index (χ2n) is 4.01. The van der Waals surface area contributed by atoms with Crippen molar-refractivity contribution in [2.75, 3.05) is 0 Å². The number of rotatable bonds is 4. The summed E-state index contributed by atoms with van der Waals surface area (Å²) in [4.78, 5) is 11.0. The number of hydrogen-bond donors (Lipinski definition) is 0. The van der Waals surface area contributed by atoms with E-state index < -0.39 is 0 Å². The highest BCUT2D eigenvalue weighted by Crippen LogP contribution is 2.24. The van der Waals surface area contributed by atoms with Gasteiger partial charge in [-0.15, -0.1) is 0 Å². The summed E-state index contributed by atoms with van der Waals surface area (Å²) >= 11 is 0. The maximum Gasteiger partial charge on any atom is 0.150 e. The molecule has 0 unspecified atom stereocenters. The summed E-state index contributed by atoms with van der Waals surface area (Å²) in [5, 5.41) is 0. The monoisotopic (exact) mass is 234 g/mol. The van der Waals surface area contributed by atoms with Crippen LogP contribution in [0.15, 0.2) is 61.7 Å². The van der Waals surface area contributed by atoms with Crippen LogP contribution in [0.25, 0.3) is 11.6 Å². The zero-order chi connectivity index (χ0) is 13.0. The van der Waals surface area contributed by atoms with Gasteiger partial charge >= 0.3 is 0 Å². The molecule has 18 heavy (non-hydrogen) atoms. The topological polar surface area (TPSA) is 17.1 Å². The molecule has 0 N–H and O–H groups in total. The summed E-state index contributed by atoms with van der Waals surface area (Å²) in [5.41, 5.74) is 4.47. The van der Waals surface area contributed by atoms with Crippen molar-refractivity contribution in [3.63, 3.8) is 0 Å². The van der Waals surface area contributed by atoms with Crippen LogP contribution in [-0.4, -0.2) is 6.29 Å². The minimum absolute atomic E-state index is 0.662. The Balaban J connectivity index is 2.41. The van der Waals surface area contributed by atoms with Gasteiger partial charge < -0.3 is 0 Å². The molecule has 0 saturated heterocycles. The molecule has 0 aliphatic carbocycles. The van der Waals surface area contributed by atoms with Crippen molar-refractivity contribution in [3.05, 3.63) is 83.9 Å². The lowest BCUT2D eigenvalue weighted by atomic mass is 9.95. The third-order valence-corrected chi connectivity index (χ3v) is 2.91. The standard InChI is InChI=1S/C17H14O/c1-3-14-8-10-15(11-9-14)13(2)17-7-5-4-6-16(17)12-18/h3-12H,1-2H2. The Morgan fingerprint density at radius 2 is 1.67 bits per heavy atom. The highest BCUT2D eigenvalue weighted by molar-refractivity contribution is 5.89. The largest absolute Gasteiger partial charge is 0.298 e. The predicted molar refractivity (Wildman–Crippen MR) is 76.5 cm³/mol. The Hall–Kier alpha value is -2.41. The maximum atomic E-state index is 11.0. The van der Waals surface area contributed by atoms with Gasteiger partial charge in [-0.3, -0.25) is 4.79 Å². The lowest BCUT2D eigenvalue weighted by Crippen LogP contribution is -1.92. The van der Waals surface area contributed by atoms with Crippen LogP contribution in [0.4, 0.5) is 0 Å². The Morgan fingerprint density at radius 1 is 1.00 bits per heavy atom. The molecule has 1 heteroatoms. The van der Waals surface area contributed by atoms with Crippen molar-refractivity contribution in [2.24, 2.45) is 0 Å². The summed E-state index contributed by atoms with van der Waals surface area (Å²) in [6, 6.07) is 15.4. The average molecular weight is 234 g/mol. The zero-order valence-corrected chi connectivity index (χ0v) is 10.1. The summed E-state index contributed by atoms with van der Waals surface area (Å²) < 4.78 is 0. The molecular weight excluding hydrogens is 220 g/mol. The van der Waals surface area contributed by atoms with E-state index in [1.165, 1.54) is 0 Å². The smallest absolute Gasteiger partial charge is 0.150 e. The van der Waals surface area contributed by atoms with E-state index in [1.807, 2.05) is 42.5 Å². The van der Waals surface area contributed by atoms with Crippen LogP contribution < -0.4 is 0 Å². The molecule has 2 aromatic rings. The molecule has 0 aromatic heterocycles. The highest BCUT2D eigenvalue weighted by atomic mass is 16.1. The molecule has 0 radical (unpaired) electrons. The lowest BCUT2D eigenvalue weighted by molar-refractivity contribution is 0.112. The van der Waals surface area contributed by atoms with E-state index in [9.17, 15) is 4.79 Å². The van der Waals surface area contributed by atoms with Gasteiger partial charge in [0, 0.05) is 5.56 Å². The van der Waals surface area contributed by atoms with E-state index in [1.54, 1.807) is 12.1 Å². The quantitative estimate of drug-likeness (QED) is 0.724. The van der Waals surface area contributed by atoms with Crippen LogP contribution in [-0.2, 0) is 0 Å². The van der Waals surface area contributed by atoms with Crippen LogP contribution in [0.5, 0.6) is 0 Å². The van der Waals surface area contributed by atoms with Crippen molar-refractivity contribution in [1.29, 1.82) is 0 Å². The molecule has 0 aliphatic rings. The molecule has 0 aliphatic heterocycles. The minimum Gasteiger partial charge on any atom is -0.298 e. The van der Waals surface area contributed by atoms with Gasteiger partial charge in [-0.25, -0.2) is 0 Å². The average Bonchev–Trinajstić information content (AvgIpc) is 2.46. The van der Waals surface area contributed by atoms with Crippen LogP contribution in [0.1, 0.15) is 27.0 Å². The van der Waals surface area contributed by atoms with Crippen LogP contribution in [0, 0.1) is 0 Å². The summed E-state index contributed by atoms with van der Waals surface area (Å²) in [6.45, 7) is 7.80. The van der Waals surface area contributed by atoms with Gasteiger partial charge in [-0.1, -0.05) is 67.8 Å². The normalized spacial score (nSPS) is 9.78. The molecule has 0 fully saturated rings. The third-order valence-electron chi connectivity index (χ3n) is 2.91. The number of hydrogen-bond acceptors (Lipinski definition) is 1. The fourth-order valence-corrected chi connectivity index (χ4v) is 1.85. The maximum absolute atomic E-state index is 11.0. The molecular formula is C17H14O. The van der Waals surface area contributed by atoms with E-state index >= 15 is 0 Å². The van der Waals surface area contributed by atoms with Crippen LogP contribution >= 0.6 is 0 Å². The Bertz CT molecular complexity index is 591. The SMILES string of the molecule is C=Cc1ccc(C(=C)c2ccccc2C=O)cc1. The van der Waals surface area contributed by atoms with Gasteiger partial charge in [0.15, 0.2) is 6.29 Å². The first-order valence-corrected chi connectivity index (χ1v) is 5.72. The Kier molecular flexibility index (Phi) is 3.54.